The number of aromatic nitrogens is 3. The maximum absolute atomic E-state index is 6.03. The number of fused-ring (bicyclic) bond motifs is 1. The van der Waals surface area contributed by atoms with Crippen LogP contribution in [-0.4, -0.2) is 20.8 Å². The first kappa shape index (κ1) is 15.2. The molecule has 5 heteroatoms. The van der Waals surface area contributed by atoms with E-state index in [4.69, 9.17) is 11.6 Å². The zero-order valence-corrected chi connectivity index (χ0v) is 14.6. The molecular weight excluding hydrogens is 338 g/mol. The van der Waals surface area contributed by atoms with Crippen LogP contribution in [0, 0.1) is 0 Å². The highest BCUT2D eigenvalue weighted by molar-refractivity contribution is 7.98. The average molecular weight is 352 g/mol. The molecule has 0 N–H and O–H groups in total. The minimum atomic E-state index is 0.720. The molecule has 0 unspecified atom stereocenters. The monoisotopic (exact) mass is 351 g/mol. The van der Waals surface area contributed by atoms with E-state index in [2.05, 4.69) is 32.9 Å². The quantitative estimate of drug-likeness (QED) is 0.362. The van der Waals surface area contributed by atoms with Gasteiger partial charge in [-0.05, 0) is 36.1 Å². The smallest absolute Gasteiger partial charge is 0.149 e. The molecule has 0 fully saturated rings. The molecule has 3 nitrogen and oxygen atoms in total. The van der Waals surface area contributed by atoms with Crippen LogP contribution in [0.1, 0.15) is 0 Å². The predicted molar refractivity (Wildman–Crippen MR) is 101 cm³/mol. The molecule has 2 heterocycles. The van der Waals surface area contributed by atoms with Crippen molar-refractivity contribution in [2.45, 2.75) is 5.03 Å². The van der Waals surface area contributed by atoms with E-state index in [1.165, 1.54) is 0 Å². The molecular formula is C19H14ClN3S. The number of hydrogen-bond donors (Lipinski definition) is 0. The summed E-state index contributed by atoms with van der Waals surface area (Å²) < 4.78 is 2.09. The topological polar surface area (TPSA) is 30.7 Å². The molecule has 0 aliphatic carbocycles. The van der Waals surface area contributed by atoms with Crippen molar-refractivity contribution in [1.29, 1.82) is 0 Å². The summed E-state index contributed by atoms with van der Waals surface area (Å²) >= 11 is 7.66. The maximum Gasteiger partial charge on any atom is 0.149 e. The van der Waals surface area contributed by atoms with Crippen molar-refractivity contribution in [2.75, 3.05) is 6.26 Å². The third-order valence-corrected chi connectivity index (χ3v) is 4.88. The highest BCUT2D eigenvalue weighted by Gasteiger charge is 2.16. The van der Waals surface area contributed by atoms with Crippen molar-refractivity contribution in [2.24, 2.45) is 0 Å². The second kappa shape index (κ2) is 6.30. The highest BCUT2D eigenvalue weighted by atomic mass is 35.5. The van der Waals surface area contributed by atoms with Gasteiger partial charge in [-0.3, -0.25) is 0 Å². The van der Waals surface area contributed by atoms with E-state index in [0.29, 0.717) is 0 Å². The van der Waals surface area contributed by atoms with Gasteiger partial charge in [0.05, 0.1) is 5.39 Å². The van der Waals surface area contributed by atoms with Crippen LogP contribution in [0.4, 0.5) is 0 Å². The Labute approximate surface area is 149 Å². The molecule has 0 bridgehead atoms. The number of thioether (sulfide) groups is 1. The van der Waals surface area contributed by atoms with E-state index >= 15 is 0 Å². The zero-order chi connectivity index (χ0) is 16.5. The lowest BCUT2D eigenvalue weighted by Gasteiger charge is -2.05. The van der Waals surface area contributed by atoms with Crippen molar-refractivity contribution in [1.82, 2.24) is 14.5 Å². The van der Waals surface area contributed by atoms with Crippen molar-refractivity contribution in [3.63, 3.8) is 0 Å². The zero-order valence-electron chi connectivity index (χ0n) is 13.0. The summed E-state index contributed by atoms with van der Waals surface area (Å²) in [7, 11) is 0. The maximum atomic E-state index is 6.03. The van der Waals surface area contributed by atoms with Gasteiger partial charge in [-0.25, -0.2) is 9.97 Å². The van der Waals surface area contributed by atoms with Gasteiger partial charge in [-0.2, -0.15) is 0 Å². The van der Waals surface area contributed by atoms with E-state index < -0.39 is 0 Å². The van der Waals surface area contributed by atoms with Gasteiger partial charge in [0.25, 0.3) is 0 Å². The molecule has 0 saturated carbocycles. The fourth-order valence-corrected chi connectivity index (χ4v) is 3.51. The molecule has 0 atom stereocenters. The van der Waals surface area contributed by atoms with Gasteiger partial charge >= 0.3 is 0 Å². The SMILES string of the molecule is CSc1ncnc2c1c(-c1ccccc1)cn2-c1ccc(Cl)cc1. The second-order valence-electron chi connectivity index (χ2n) is 5.34. The first-order valence-corrected chi connectivity index (χ1v) is 9.09. The van der Waals surface area contributed by atoms with Crippen LogP contribution < -0.4 is 0 Å². The van der Waals surface area contributed by atoms with Gasteiger partial charge in [0.2, 0.25) is 0 Å². The van der Waals surface area contributed by atoms with Gasteiger partial charge < -0.3 is 4.57 Å². The van der Waals surface area contributed by atoms with Gasteiger partial charge in [0.15, 0.2) is 0 Å². The van der Waals surface area contributed by atoms with Crippen LogP contribution in [0.15, 0.2) is 72.1 Å². The van der Waals surface area contributed by atoms with Gasteiger partial charge in [0.1, 0.15) is 17.0 Å². The average Bonchev–Trinajstić information content (AvgIpc) is 3.03. The molecule has 4 aromatic rings. The predicted octanol–water partition coefficient (Wildman–Crippen LogP) is 5.46. The minimum Gasteiger partial charge on any atom is -0.301 e. The van der Waals surface area contributed by atoms with Crippen LogP contribution in [0.25, 0.3) is 27.8 Å². The van der Waals surface area contributed by atoms with E-state index in [-0.39, 0.29) is 0 Å². The molecule has 4 rings (SSSR count). The van der Waals surface area contributed by atoms with Crippen LogP contribution >= 0.6 is 23.4 Å². The Morgan fingerprint density at radius 3 is 2.42 bits per heavy atom. The number of halogens is 1. The van der Waals surface area contributed by atoms with Gasteiger partial charge in [0, 0.05) is 22.5 Å². The van der Waals surface area contributed by atoms with Crippen molar-refractivity contribution in [3.05, 3.63) is 72.1 Å². The van der Waals surface area contributed by atoms with E-state index in [9.17, 15) is 0 Å². The number of rotatable bonds is 3. The van der Waals surface area contributed by atoms with Crippen LogP contribution in [0.5, 0.6) is 0 Å². The summed E-state index contributed by atoms with van der Waals surface area (Å²) in [6.45, 7) is 0. The Bertz CT molecular complexity index is 994. The molecule has 0 aliphatic heterocycles. The molecule has 0 radical (unpaired) electrons. The summed E-state index contributed by atoms with van der Waals surface area (Å²) in [6.07, 6.45) is 5.78. The molecule has 0 amide bonds. The van der Waals surface area contributed by atoms with Crippen molar-refractivity contribution < 1.29 is 0 Å². The normalized spacial score (nSPS) is 11.1. The lowest BCUT2D eigenvalue weighted by Crippen LogP contribution is -1.94. The van der Waals surface area contributed by atoms with E-state index in [0.717, 1.165) is 37.9 Å². The minimum absolute atomic E-state index is 0.720. The largest absolute Gasteiger partial charge is 0.301 e. The molecule has 24 heavy (non-hydrogen) atoms. The summed E-state index contributed by atoms with van der Waals surface area (Å²) in [5.74, 6) is 0. The van der Waals surface area contributed by atoms with E-state index in [1.807, 2.05) is 48.7 Å². The van der Waals surface area contributed by atoms with Crippen molar-refractivity contribution >= 4 is 34.4 Å². The summed E-state index contributed by atoms with van der Waals surface area (Å²) in [4.78, 5) is 8.99. The second-order valence-corrected chi connectivity index (χ2v) is 6.57. The Morgan fingerprint density at radius 2 is 1.71 bits per heavy atom. The summed E-state index contributed by atoms with van der Waals surface area (Å²) in [5, 5.41) is 2.77. The van der Waals surface area contributed by atoms with E-state index in [1.54, 1.807) is 18.1 Å². The third kappa shape index (κ3) is 2.58. The number of benzene rings is 2. The fraction of sp³-hybridized carbons (Fsp3) is 0.0526. The summed E-state index contributed by atoms with van der Waals surface area (Å²) in [6, 6.07) is 18.1. The van der Waals surface area contributed by atoms with Crippen molar-refractivity contribution in [3.8, 4) is 16.8 Å². The first-order valence-electron chi connectivity index (χ1n) is 7.49. The molecule has 0 spiro atoms. The Morgan fingerprint density at radius 1 is 0.958 bits per heavy atom. The Balaban J connectivity index is 2.04. The molecule has 118 valence electrons. The van der Waals surface area contributed by atoms with Crippen LogP contribution in [0.2, 0.25) is 5.02 Å². The lowest BCUT2D eigenvalue weighted by atomic mass is 10.1. The third-order valence-electron chi connectivity index (χ3n) is 3.93. The highest BCUT2D eigenvalue weighted by Crippen LogP contribution is 2.36. The Kier molecular flexibility index (Phi) is 4.00. The standard InChI is InChI=1S/C19H14ClN3S/c1-24-19-17-16(13-5-3-2-4-6-13)11-23(18(17)21-12-22-19)15-9-7-14(20)8-10-15/h2-12H,1H3. The number of hydrogen-bond acceptors (Lipinski definition) is 3. The Hall–Kier alpha value is -2.30. The van der Waals surface area contributed by atoms with Crippen LogP contribution in [0.3, 0.4) is 0 Å². The number of nitrogens with zero attached hydrogens (tertiary/aromatic N) is 3. The molecule has 2 aromatic heterocycles. The molecule has 0 aliphatic rings. The van der Waals surface area contributed by atoms with Gasteiger partial charge in [-0.1, -0.05) is 41.9 Å². The molecule has 0 saturated heterocycles. The summed E-state index contributed by atoms with van der Waals surface area (Å²) in [5.41, 5.74) is 4.21. The lowest BCUT2D eigenvalue weighted by molar-refractivity contribution is 1.04. The first-order chi connectivity index (χ1) is 11.8. The van der Waals surface area contributed by atoms with Crippen LogP contribution in [-0.2, 0) is 0 Å². The molecule has 2 aromatic carbocycles. The fourth-order valence-electron chi connectivity index (χ4n) is 2.82. The van der Waals surface area contributed by atoms with Gasteiger partial charge in [-0.15, -0.1) is 11.8 Å².